The van der Waals surface area contributed by atoms with E-state index in [-0.39, 0.29) is 17.4 Å². The van der Waals surface area contributed by atoms with Crippen molar-refractivity contribution in [2.75, 3.05) is 10.6 Å². The Morgan fingerprint density at radius 2 is 1.97 bits per heavy atom. The molecule has 0 aliphatic carbocycles. The molecule has 2 heterocycles. The molecule has 9 nitrogen and oxygen atoms in total. The number of hydrogen-bond donors (Lipinski definition) is 2. The van der Waals surface area contributed by atoms with Gasteiger partial charge in [-0.15, -0.1) is 0 Å². The lowest BCUT2D eigenvalue weighted by Gasteiger charge is -2.03. The zero-order valence-electron chi connectivity index (χ0n) is 17.0. The van der Waals surface area contributed by atoms with Crippen LogP contribution in [0.2, 0.25) is 0 Å². The molecular formula is C22H18N4O5S. The van der Waals surface area contributed by atoms with Gasteiger partial charge in [-0.05, 0) is 36.8 Å². The Kier molecular flexibility index (Phi) is 5.95. The fraction of sp³-hybridized carbons (Fsp3) is 0.136. The summed E-state index contributed by atoms with van der Waals surface area (Å²) in [5, 5.41) is 17.0. The number of rotatable bonds is 7. The van der Waals surface area contributed by atoms with E-state index in [0.717, 1.165) is 11.1 Å². The number of benzene rings is 2. The highest BCUT2D eigenvalue weighted by molar-refractivity contribution is 7.22. The fourth-order valence-electron chi connectivity index (χ4n) is 3.05. The van der Waals surface area contributed by atoms with E-state index < -0.39 is 10.8 Å². The Labute approximate surface area is 186 Å². The number of carbonyl (C=O) groups is 2. The lowest BCUT2D eigenvalue weighted by atomic mass is 10.1. The molecule has 0 bridgehead atoms. The minimum absolute atomic E-state index is 0.0620. The number of aromatic nitrogens is 1. The Morgan fingerprint density at radius 1 is 1.12 bits per heavy atom. The molecule has 0 spiro atoms. The average molecular weight is 450 g/mol. The van der Waals surface area contributed by atoms with Crippen LogP contribution in [-0.4, -0.2) is 21.7 Å². The smallest absolute Gasteiger partial charge is 0.291 e. The van der Waals surface area contributed by atoms with Crippen LogP contribution in [0.1, 0.15) is 30.3 Å². The molecular weight excluding hydrogens is 432 g/mol. The topological polar surface area (TPSA) is 127 Å². The van der Waals surface area contributed by atoms with Gasteiger partial charge in [0.1, 0.15) is 5.76 Å². The molecule has 4 aromatic rings. The first-order valence-electron chi connectivity index (χ1n) is 9.79. The minimum Gasteiger partial charge on any atom is -0.451 e. The summed E-state index contributed by atoms with van der Waals surface area (Å²) in [6, 6.07) is 14.3. The number of nitro benzene ring substituents is 1. The first-order valence-corrected chi connectivity index (χ1v) is 10.6. The summed E-state index contributed by atoms with van der Waals surface area (Å²) in [4.78, 5) is 39.2. The van der Waals surface area contributed by atoms with E-state index in [1.165, 1.54) is 29.5 Å². The van der Waals surface area contributed by atoms with Crippen LogP contribution in [0.5, 0.6) is 0 Å². The third-order valence-electron chi connectivity index (χ3n) is 4.54. The zero-order valence-corrected chi connectivity index (χ0v) is 17.8. The molecule has 0 atom stereocenters. The normalized spacial score (nSPS) is 10.8. The second-order valence-electron chi connectivity index (χ2n) is 6.93. The standard InChI is InChI=1S/C22H18N4O5S/c1-2-4-20(27)25-22-24-16-8-7-14(12-19(16)32-22)23-21(28)18-10-9-17(31-18)13-5-3-6-15(11-13)26(29)30/h3,5-12H,2,4H2,1H3,(H,23,28)(H,24,25,27). The molecule has 4 rings (SSSR count). The zero-order chi connectivity index (χ0) is 22.7. The van der Waals surface area contributed by atoms with Crippen molar-refractivity contribution >= 4 is 49.9 Å². The lowest BCUT2D eigenvalue weighted by molar-refractivity contribution is -0.384. The number of nitrogens with zero attached hydrogens (tertiary/aromatic N) is 2. The van der Waals surface area contributed by atoms with E-state index in [9.17, 15) is 19.7 Å². The number of non-ortho nitro benzene ring substituents is 1. The first kappa shape index (κ1) is 21.2. The Balaban J connectivity index is 1.48. The summed E-state index contributed by atoms with van der Waals surface area (Å²) >= 11 is 1.32. The molecule has 2 N–H and O–H groups in total. The van der Waals surface area contributed by atoms with Gasteiger partial charge in [0.05, 0.1) is 15.1 Å². The van der Waals surface area contributed by atoms with Crippen LogP contribution in [0.15, 0.2) is 59.0 Å². The largest absolute Gasteiger partial charge is 0.451 e. The first-order chi connectivity index (χ1) is 15.4. The van der Waals surface area contributed by atoms with Gasteiger partial charge in [0, 0.05) is 29.8 Å². The summed E-state index contributed by atoms with van der Waals surface area (Å²) in [6.07, 6.45) is 1.18. The Bertz CT molecular complexity index is 1330. The third-order valence-corrected chi connectivity index (χ3v) is 5.47. The monoisotopic (exact) mass is 450 g/mol. The summed E-state index contributed by atoms with van der Waals surface area (Å²) < 4.78 is 6.42. The maximum absolute atomic E-state index is 12.6. The van der Waals surface area contributed by atoms with Crippen molar-refractivity contribution in [3.8, 4) is 11.3 Å². The molecule has 32 heavy (non-hydrogen) atoms. The quantitative estimate of drug-likeness (QED) is 0.284. The predicted molar refractivity (Wildman–Crippen MR) is 122 cm³/mol. The number of carbonyl (C=O) groups excluding carboxylic acids is 2. The van der Waals surface area contributed by atoms with Gasteiger partial charge in [-0.2, -0.15) is 0 Å². The van der Waals surface area contributed by atoms with Crippen LogP contribution in [-0.2, 0) is 4.79 Å². The van der Waals surface area contributed by atoms with Crippen LogP contribution < -0.4 is 10.6 Å². The van der Waals surface area contributed by atoms with Gasteiger partial charge in [0.25, 0.3) is 11.6 Å². The number of furan rings is 1. The van der Waals surface area contributed by atoms with Crippen molar-refractivity contribution in [2.45, 2.75) is 19.8 Å². The molecule has 10 heteroatoms. The molecule has 2 amide bonds. The number of hydrogen-bond acceptors (Lipinski definition) is 7. The molecule has 0 aliphatic rings. The third kappa shape index (κ3) is 4.65. The summed E-state index contributed by atoms with van der Waals surface area (Å²) in [5.74, 6) is -0.118. The number of fused-ring (bicyclic) bond motifs is 1. The molecule has 162 valence electrons. The molecule has 0 unspecified atom stereocenters. The fourth-order valence-corrected chi connectivity index (χ4v) is 3.97. The van der Waals surface area contributed by atoms with Gasteiger partial charge < -0.3 is 15.1 Å². The molecule has 0 fully saturated rings. The van der Waals surface area contributed by atoms with Gasteiger partial charge >= 0.3 is 0 Å². The van der Waals surface area contributed by atoms with Crippen molar-refractivity contribution in [1.29, 1.82) is 0 Å². The van der Waals surface area contributed by atoms with E-state index in [2.05, 4.69) is 15.6 Å². The van der Waals surface area contributed by atoms with E-state index in [1.807, 2.05) is 6.92 Å². The molecule has 0 aliphatic heterocycles. The van der Waals surface area contributed by atoms with Crippen molar-refractivity contribution in [3.05, 3.63) is 70.5 Å². The van der Waals surface area contributed by atoms with E-state index in [0.29, 0.717) is 34.1 Å². The number of anilines is 2. The Hall–Kier alpha value is -4.05. The summed E-state index contributed by atoms with van der Waals surface area (Å²) in [7, 11) is 0. The molecule has 0 saturated heterocycles. The second kappa shape index (κ2) is 8.98. The van der Waals surface area contributed by atoms with Crippen molar-refractivity contribution in [3.63, 3.8) is 0 Å². The van der Waals surface area contributed by atoms with Crippen LogP contribution in [0.3, 0.4) is 0 Å². The molecule has 2 aromatic carbocycles. The number of thiazole rings is 1. The SMILES string of the molecule is CCCC(=O)Nc1nc2ccc(NC(=O)c3ccc(-c4cccc([N+](=O)[O-])c4)o3)cc2s1. The van der Waals surface area contributed by atoms with Crippen LogP contribution >= 0.6 is 11.3 Å². The van der Waals surface area contributed by atoms with Crippen LogP contribution in [0.25, 0.3) is 21.5 Å². The lowest BCUT2D eigenvalue weighted by Crippen LogP contribution is -2.10. The Morgan fingerprint density at radius 3 is 2.75 bits per heavy atom. The average Bonchev–Trinajstić information content (AvgIpc) is 3.40. The molecule has 0 saturated carbocycles. The van der Waals surface area contributed by atoms with Crippen molar-refractivity contribution in [2.24, 2.45) is 0 Å². The predicted octanol–water partition coefficient (Wildman–Crippen LogP) is 5.46. The number of nitrogens with one attached hydrogen (secondary N) is 2. The highest BCUT2D eigenvalue weighted by atomic mass is 32.1. The summed E-state index contributed by atoms with van der Waals surface area (Å²) in [5.41, 5.74) is 1.70. The highest BCUT2D eigenvalue weighted by Crippen LogP contribution is 2.29. The maximum atomic E-state index is 12.6. The van der Waals surface area contributed by atoms with Gasteiger partial charge in [-0.25, -0.2) is 4.98 Å². The van der Waals surface area contributed by atoms with E-state index in [4.69, 9.17) is 4.42 Å². The van der Waals surface area contributed by atoms with E-state index in [1.54, 1.807) is 36.4 Å². The highest BCUT2D eigenvalue weighted by Gasteiger charge is 2.15. The van der Waals surface area contributed by atoms with Crippen molar-refractivity contribution in [1.82, 2.24) is 4.98 Å². The minimum atomic E-state index is -0.490. The van der Waals surface area contributed by atoms with Gasteiger partial charge in [-0.3, -0.25) is 19.7 Å². The maximum Gasteiger partial charge on any atom is 0.291 e. The number of nitro groups is 1. The molecule has 0 radical (unpaired) electrons. The van der Waals surface area contributed by atoms with Crippen molar-refractivity contribution < 1.29 is 18.9 Å². The second-order valence-corrected chi connectivity index (χ2v) is 7.96. The van der Waals surface area contributed by atoms with Crippen LogP contribution in [0.4, 0.5) is 16.5 Å². The number of amides is 2. The van der Waals surface area contributed by atoms with Gasteiger partial charge in [0.2, 0.25) is 5.91 Å². The van der Waals surface area contributed by atoms with Crippen LogP contribution in [0, 0.1) is 10.1 Å². The van der Waals surface area contributed by atoms with Gasteiger partial charge in [0.15, 0.2) is 10.9 Å². The van der Waals surface area contributed by atoms with Gasteiger partial charge in [-0.1, -0.05) is 30.4 Å². The molecule has 2 aromatic heterocycles. The summed E-state index contributed by atoms with van der Waals surface area (Å²) in [6.45, 7) is 1.93. The van der Waals surface area contributed by atoms with E-state index >= 15 is 0 Å².